The monoisotopic (exact) mass is 886 g/mol. The lowest BCUT2D eigenvalue weighted by atomic mass is 9.80. The summed E-state index contributed by atoms with van der Waals surface area (Å²) in [5, 5.41) is 0. The first kappa shape index (κ1) is 44.3. The number of hydrogen-bond acceptors (Lipinski definition) is 12. The van der Waals surface area contributed by atoms with E-state index in [1.54, 1.807) is 36.9 Å². The Morgan fingerprint density at radius 1 is 0.485 bits per heavy atom. The summed E-state index contributed by atoms with van der Waals surface area (Å²) in [6.07, 6.45) is 17.7. The first-order valence-corrected chi connectivity index (χ1v) is 23.1. The van der Waals surface area contributed by atoms with E-state index >= 15 is 0 Å². The Hall–Kier alpha value is -6.96. The summed E-state index contributed by atoms with van der Waals surface area (Å²) in [6.45, 7) is 8.01. The number of pyridine rings is 2. The van der Waals surface area contributed by atoms with Crippen LogP contribution in [0.3, 0.4) is 0 Å². The van der Waals surface area contributed by atoms with Gasteiger partial charge in [0.05, 0.1) is 23.2 Å². The molecule has 0 spiro atoms. The van der Waals surface area contributed by atoms with Gasteiger partial charge < -0.3 is 20.9 Å². The molecule has 4 fully saturated rings. The number of carbonyl (C=O) groups is 2. The van der Waals surface area contributed by atoms with Crippen LogP contribution in [-0.4, -0.2) is 75.2 Å². The molecule has 2 atom stereocenters. The molecule has 14 nitrogen and oxygen atoms in total. The second-order valence-corrected chi connectivity index (χ2v) is 18.9. The van der Waals surface area contributed by atoms with Crippen LogP contribution in [0.25, 0.3) is 22.8 Å². The highest BCUT2D eigenvalue weighted by molar-refractivity contribution is 5.74. The average Bonchev–Trinajstić information content (AvgIpc) is 3.74. The molecule has 0 unspecified atom stereocenters. The topological polar surface area (TPSA) is 188 Å². The van der Waals surface area contributed by atoms with E-state index in [9.17, 15) is 9.59 Å². The van der Waals surface area contributed by atoms with Gasteiger partial charge in [0, 0.05) is 49.3 Å². The fraction of sp³-hybridized carbons (Fsp3) is 0.385. The number of benzene rings is 2. The van der Waals surface area contributed by atoms with Gasteiger partial charge >= 0.3 is 12.2 Å². The van der Waals surface area contributed by atoms with E-state index in [2.05, 4.69) is 66.3 Å². The highest BCUT2D eigenvalue weighted by Crippen LogP contribution is 2.48. The minimum Gasteiger partial charge on any atom is -0.441 e. The Labute approximate surface area is 386 Å². The zero-order valence-electron chi connectivity index (χ0n) is 38.0. The summed E-state index contributed by atoms with van der Waals surface area (Å²) < 4.78 is 11.6. The van der Waals surface area contributed by atoms with Crippen molar-refractivity contribution in [3.05, 3.63) is 144 Å². The van der Waals surface area contributed by atoms with Gasteiger partial charge in [-0.2, -0.15) is 0 Å². The lowest BCUT2D eigenvalue weighted by Gasteiger charge is -2.38. The molecule has 14 heteroatoms. The van der Waals surface area contributed by atoms with Crippen molar-refractivity contribution in [1.29, 1.82) is 0 Å². The zero-order chi connectivity index (χ0) is 46.0. The van der Waals surface area contributed by atoms with E-state index in [-0.39, 0.29) is 36.4 Å². The number of carbonyl (C=O) groups excluding carboxylic acids is 2. The highest BCUT2D eigenvalue weighted by Gasteiger charge is 2.52. The van der Waals surface area contributed by atoms with Crippen LogP contribution in [0, 0.1) is 0 Å². The minimum absolute atomic E-state index is 0.0900. The molecule has 6 aromatic rings. The van der Waals surface area contributed by atoms with Crippen molar-refractivity contribution < 1.29 is 19.1 Å². The molecule has 2 saturated heterocycles. The lowest BCUT2D eigenvalue weighted by molar-refractivity contribution is 0.0656. The van der Waals surface area contributed by atoms with Gasteiger partial charge in [-0.3, -0.25) is 9.80 Å². The highest BCUT2D eigenvalue weighted by atomic mass is 16.6. The number of nitrogens with two attached hydrogens (primary N) is 2. The van der Waals surface area contributed by atoms with Gasteiger partial charge in [-0.25, -0.2) is 39.5 Å². The van der Waals surface area contributed by atoms with Crippen LogP contribution in [0.5, 0.6) is 0 Å². The summed E-state index contributed by atoms with van der Waals surface area (Å²) in [5.74, 6) is 2.77. The number of anilines is 2. The molecule has 0 radical (unpaired) electrons. The Morgan fingerprint density at radius 3 is 1.18 bits per heavy atom. The summed E-state index contributed by atoms with van der Waals surface area (Å²) >= 11 is 0. The van der Waals surface area contributed by atoms with Crippen molar-refractivity contribution in [1.82, 2.24) is 39.7 Å². The third kappa shape index (κ3) is 9.01. The number of aromatic nitrogens is 6. The Balaban J connectivity index is 0.000000166. The third-order valence-electron chi connectivity index (χ3n) is 13.8. The van der Waals surface area contributed by atoms with Crippen molar-refractivity contribution in [3.63, 3.8) is 0 Å². The maximum absolute atomic E-state index is 12.9. The maximum atomic E-state index is 12.9. The predicted molar refractivity (Wildman–Crippen MR) is 253 cm³/mol. The van der Waals surface area contributed by atoms with Crippen molar-refractivity contribution >= 4 is 23.8 Å². The smallest absolute Gasteiger partial charge is 0.411 e. The third-order valence-corrected chi connectivity index (χ3v) is 13.8. The predicted octanol–water partition coefficient (Wildman–Crippen LogP) is 10.2. The molecule has 10 rings (SSSR count). The number of ether oxygens (including phenoxy) is 2. The summed E-state index contributed by atoms with van der Waals surface area (Å²) in [6, 6.07) is 28.2. The van der Waals surface area contributed by atoms with Crippen molar-refractivity contribution in [2.45, 2.75) is 126 Å². The quantitative estimate of drug-likeness (QED) is 0.147. The van der Waals surface area contributed by atoms with Crippen LogP contribution in [0.1, 0.15) is 125 Å². The first-order valence-electron chi connectivity index (χ1n) is 23.1. The molecule has 2 aliphatic heterocycles. The van der Waals surface area contributed by atoms with Gasteiger partial charge in [-0.1, -0.05) is 60.7 Å². The number of amides is 2. The van der Waals surface area contributed by atoms with Crippen LogP contribution < -0.4 is 11.5 Å². The van der Waals surface area contributed by atoms with Gasteiger partial charge in [-0.15, -0.1) is 0 Å². The average molecular weight is 887 g/mol. The lowest BCUT2D eigenvalue weighted by Crippen LogP contribution is -2.42. The number of nitrogen functional groups attached to an aromatic ring is 2. The van der Waals surface area contributed by atoms with Gasteiger partial charge in [0.1, 0.15) is 22.8 Å². The van der Waals surface area contributed by atoms with E-state index in [4.69, 9.17) is 20.9 Å². The molecule has 2 saturated carbocycles. The SMILES string of the molecule is CC1(C)OC(=O)N(C2CCC(c3cnc(N)c(-c4ncccn4)c3)CC2)[C@@H]1c1ccccc1.CC1(C)OC(=O)N(C2CCC(c3cnc(N)c(-c4ncccn4)c3)CC2)[C@H]1c1ccccc1. The van der Waals surface area contributed by atoms with E-state index in [1.165, 1.54) is 0 Å². The normalized spacial score (nSPS) is 24.5. The molecular formula is C52H58N10O4. The molecule has 2 aliphatic carbocycles. The Bertz CT molecular complexity index is 2440. The zero-order valence-corrected chi connectivity index (χ0v) is 38.0. The van der Waals surface area contributed by atoms with Crippen LogP contribution in [0.4, 0.5) is 21.2 Å². The van der Waals surface area contributed by atoms with E-state index < -0.39 is 11.2 Å². The molecule has 66 heavy (non-hydrogen) atoms. The summed E-state index contributed by atoms with van der Waals surface area (Å²) in [4.78, 5) is 56.0. The van der Waals surface area contributed by atoms with Crippen molar-refractivity contribution in [3.8, 4) is 22.8 Å². The van der Waals surface area contributed by atoms with Gasteiger partial charge in [-0.05, 0) is 137 Å². The number of hydrogen-bond donors (Lipinski definition) is 2. The summed E-state index contributed by atoms with van der Waals surface area (Å²) in [7, 11) is 0. The van der Waals surface area contributed by atoms with Crippen molar-refractivity contribution in [2.24, 2.45) is 0 Å². The molecule has 6 heterocycles. The fourth-order valence-corrected chi connectivity index (χ4v) is 10.7. The second kappa shape index (κ2) is 18.5. The van der Waals surface area contributed by atoms with E-state index in [0.29, 0.717) is 35.1 Å². The van der Waals surface area contributed by atoms with Gasteiger partial charge in [0.25, 0.3) is 0 Å². The number of cyclic esters (lactones) is 2. The van der Waals surface area contributed by atoms with E-state index in [0.717, 1.165) is 84.7 Å². The number of rotatable bonds is 8. The largest absolute Gasteiger partial charge is 0.441 e. The summed E-state index contributed by atoms with van der Waals surface area (Å²) in [5.41, 5.74) is 17.2. The molecular weight excluding hydrogens is 829 g/mol. The molecule has 4 aliphatic rings. The molecule has 4 N–H and O–H groups in total. The molecule has 2 amide bonds. The Kier molecular flexibility index (Phi) is 12.4. The van der Waals surface area contributed by atoms with Crippen LogP contribution in [-0.2, 0) is 9.47 Å². The standard InChI is InChI=1S/2C26H29N5O2/c2*1-26(2)22(18-7-4-3-5-8-18)31(25(32)33-26)20-11-9-17(10-12-20)19-15-21(23(27)30-16-19)24-28-13-6-14-29-24/h2*3-8,13-17,20,22H,9-12H2,1-2H3,(H2,27,30)/t2*17?,20?,22-/m10/s1. The maximum Gasteiger partial charge on any atom is 0.411 e. The molecule has 0 bridgehead atoms. The van der Waals surface area contributed by atoms with Gasteiger partial charge in [0.2, 0.25) is 0 Å². The second-order valence-electron chi connectivity index (χ2n) is 18.9. The molecule has 2 aromatic carbocycles. The van der Waals surface area contributed by atoms with Crippen LogP contribution in [0.2, 0.25) is 0 Å². The van der Waals surface area contributed by atoms with Crippen molar-refractivity contribution in [2.75, 3.05) is 11.5 Å². The van der Waals surface area contributed by atoms with Gasteiger partial charge in [0.15, 0.2) is 11.6 Å². The number of nitrogens with zero attached hydrogens (tertiary/aromatic N) is 8. The molecule has 340 valence electrons. The fourth-order valence-electron chi connectivity index (χ4n) is 10.7. The van der Waals surface area contributed by atoms with Crippen LogP contribution in [0.15, 0.2) is 122 Å². The van der Waals surface area contributed by atoms with E-state index in [1.807, 2.05) is 86.3 Å². The minimum atomic E-state index is -0.569. The molecule has 4 aromatic heterocycles. The Morgan fingerprint density at radius 2 is 0.833 bits per heavy atom. The van der Waals surface area contributed by atoms with Crippen LogP contribution >= 0.6 is 0 Å². The first-order chi connectivity index (χ1) is 31.9.